The van der Waals surface area contributed by atoms with E-state index in [4.69, 9.17) is 4.74 Å². The van der Waals surface area contributed by atoms with Gasteiger partial charge < -0.3 is 10.1 Å². The third-order valence-electron chi connectivity index (χ3n) is 3.28. The van der Waals surface area contributed by atoms with E-state index in [0.29, 0.717) is 11.8 Å². The van der Waals surface area contributed by atoms with Crippen molar-refractivity contribution in [3.8, 4) is 5.75 Å². The molecule has 1 aliphatic rings. The van der Waals surface area contributed by atoms with E-state index in [2.05, 4.69) is 12.2 Å². The van der Waals surface area contributed by atoms with Gasteiger partial charge in [-0.1, -0.05) is 13.3 Å². The van der Waals surface area contributed by atoms with Gasteiger partial charge in [-0.05, 0) is 44.0 Å². The number of nitrogens with one attached hydrogen (secondary N) is 1. The summed E-state index contributed by atoms with van der Waals surface area (Å²) in [5.74, 6) is 0.475. The number of halogens is 1. The molecule has 2 rings (SSSR count). The molecule has 0 aromatic heterocycles. The van der Waals surface area contributed by atoms with Crippen LogP contribution in [0.15, 0.2) is 18.2 Å². The number of hydrogen-bond donors (Lipinski definition) is 1. The lowest BCUT2D eigenvalue weighted by Crippen LogP contribution is -2.45. The Morgan fingerprint density at radius 3 is 2.76 bits per heavy atom. The van der Waals surface area contributed by atoms with Crippen LogP contribution in [-0.4, -0.2) is 19.2 Å². The molecule has 1 aliphatic carbocycles. The normalized spacial score (nSPS) is 23.2. The Morgan fingerprint density at radius 1 is 1.35 bits per heavy atom. The molecule has 0 atom stereocenters. The molecule has 3 heteroatoms. The van der Waals surface area contributed by atoms with Crippen molar-refractivity contribution in [2.24, 2.45) is 0 Å². The Kier molecular flexibility index (Phi) is 4.00. The zero-order valence-corrected chi connectivity index (χ0v) is 10.5. The first-order valence-electron chi connectivity index (χ1n) is 6.34. The van der Waals surface area contributed by atoms with Gasteiger partial charge in [0.2, 0.25) is 0 Å². The third kappa shape index (κ3) is 3.19. The van der Waals surface area contributed by atoms with Crippen LogP contribution in [0.25, 0.3) is 0 Å². The maximum absolute atomic E-state index is 13.4. The van der Waals surface area contributed by atoms with Gasteiger partial charge >= 0.3 is 0 Å². The highest BCUT2D eigenvalue weighted by Crippen LogP contribution is 2.27. The maximum Gasteiger partial charge on any atom is 0.127 e. The number of aryl methyl sites for hydroxylation is 1. The topological polar surface area (TPSA) is 21.3 Å². The van der Waals surface area contributed by atoms with E-state index in [-0.39, 0.29) is 11.9 Å². The summed E-state index contributed by atoms with van der Waals surface area (Å²) in [5.41, 5.74) is 1.02. The minimum Gasteiger partial charge on any atom is -0.490 e. The Bertz CT molecular complexity index is 374. The fraction of sp³-hybridized carbons (Fsp3) is 0.571. The Hall–Kier alpha value is -1.09. The van der Waals surface area contributed by atoms with Crippen LogP contribution in [-0.2, 0) is 6.42 Å². The van der Waals surface area contributed by atoms with Crippen LogP contribution < -0.4 is 10.1 Å². The van der Waals surface area contributed by atoms with Crippen molar-refractivity contribution in [3.63, 3.8) is 0 Å². The highest BCUT2D eigenvalue weighted by molar-refractivity contribution is 5.30. The Morgan fingerprint density at radius 2 is 2.12 bits per heavy atom. The number of rotatable bonds is 5. The number of hydrogen-bond acceptors (Lipinski definition) is 2. The second-order valence-electron chi connectivity index (χ2n) is 4.74. The molecule has 0 amide bonds. The Labute approximate surface area is 102 Å². The van der Waals surface area contributed by atoms with Crippen LogP contribution in [0.5, 0.6) is 5.75 Å². The van der Waals surface area contributed by atoms with Gasteiger partial charge in [0.15, 0.2) is 0 Å². The summed E-state index contributed by atoms with van der Waals surface area (Å²) in [7, 11) is 1.96. The van der Waals surface area contributed by atoms with Gasteiger partial charge in [-0.15, -0.1) is 0 Å². The smallest absolute Gasteiger partial charge is 0.127 e. The first-order chi connectivity index (χ1) is 8.21. The quantitative estimate of drug-likeness (QED) is 0.850. The molecular formula is C14H20FNO. The molecule has 1 aromatic carbocycles. The molecule has 1 fully saturated rings. The van der Waals surface area contributed by atoms with Gasteiger partial charge in [0.25, 0.3) is 0 Å². The van der Waals surface area contributed by atoms with E-state index in [0.717, 1.165) is 31.2 Å². The zero-order chi connectivity index (χ0) is 12.3. The van der Waals surface area contributed by atoms with Gasteiger partial charge in [0.1, 0.15) is 17.7 Å². The second-order valence-corrected chi connectivity index (χ2v) is 4.74. The van der Waals surface area contributed by atoms with E-state index in [1.165, 1.54) is 6.07 Å². The average Bonchev–Trinajstić information content (AvgIpc) is 2.22. The van der Waals surface area contributed by atoms with Crippen molar-refractivity contribution < 1.29 is 9.13 Å². The largest absolute Gasteiger partial charge is 0.490 e. The van der Waals surface area contributed by atoms with Crippen LogP contribution in [0.3, 0.4) is 0 Å². The van der Waals surface area contributed by atoms with Crippen LogP contribution in [0.2, 0.25) is 0 Å². The summed E-state index contributed by atoms with van der Waals surface area (Å²) < 4.78 is 19.1. The van der Waals surface area contributed by atoms with Crippen LogP contribution in [0.4, 0.5) is 4.39 Å². The molecule has 1 N–H and O–H groups in total. The molecule has 1 aromatic rings. The second kappa shape index (κ2) is 5.50. The fourth-order valence-electron chi connectivity index (χ4n) is 2.21. The summed E-state index contributed by atoms with van der Waals surface area (Å²) in [6.45, 7) is 2.09. The molecule has 2 nitrogen and oxygen atoms in total. The van der Waals surface area contributed by atoms with E-state index < -0.39 is 0 Å². The maximum atomic E-state index is 13.4. The minimum atomic E-state index is -0.199. The lowest BCUT2D eigenvalue weighted by molar-refractivity contribution is 0.0881. The molecule has 0 heterocycles. The highest BCUT2D eigenvalue weighted by atomic mass is 19.1. The van der Waals surface area contributed by atoms with Crippen LogP contribution in [0, 0.1) is 5.82 Å². The van der Waals surface area contributed by atoms with Gasteiger partial charge in [-0.3, -0.25) is 0 Å². The van der Waals surface area contributed by atoms with Crippen molar-refractivity contribution in [3.05, 3.63) is 29.6 Å². The Balaban J connectivity index is 1.96. The summed E-state index contributed by atoms with van der Waals surface area (Å²) in [5, 5.41) is 3.21. The third-order valence-corrected chi connectivity index (χ3v) is 3.28. The highest BCUT2D eigenvalue weighted by Gasteiger charge is 2.29. The SMILES string of the molecule is CCCc1cc(F)cc(O[C@H]2C[C@@H](NC)C2)c1. The molecule has 0 radical (unpaired) electrons. The van der Waals surface area contributed by atoms with Crippen molar-refractivity contribution in [2.45, 2.75) is 44.8 Å². The number of ether oxygens (including phenoxy) is 1. The van der Waals surface area contributed by atoms with E-state index in [1.54, 1.807) is 6.07 Å². The first kappa shape index (κ1) is 12.4. The molecule has 1 saturated carbocycles. The average molecular weight is 237 g/mol. The van der Waals surface area contributed by atoms with Crippen molar-refractivity contribution in [1.82, 2.24) is 5.32 Å². The van der Waals surface area contributed by atoms with E-state index in [9.17, 15) is 4.39 Å². The molecule has 0 aliphatic heterocycles. The monoisotopic (exact) mass is 237 g/mol. The molecule has 94 valence electrons. The zero-order valence-electron chi connectivity index (χ0n) is 10.5. The lowest BCUT2D eigenvalue weighted by atomic mass is 9.89. The van der Waals surface area contributed by atoms with E-state index >= 15 is 0 Å². The number of benzene rings is 1. The van der Waals surface area contributed by atoms with Crippen molar-refractivity contribution in [2.75, 3.05) is 7.05 Å². The first-order valence-corrected chi connectivity index (χ1v) is 6.34. The fourth-order valence-corrected chi connectivity index (χ4v) is 2.21. The summed E-state index contributed by atoms with van der Waals surface area (Å²) in [6.07, 6.45) is 4.18. The summed E-state index contributed by atoms with van der Waals surface area (Å²) >= 11 is 0. The van der Waals surface area contributed by atoms with Gasteiger partial charge in [-0.2, -0.15) is 0 Å². The molecular weight excluding hydrogens is 217 g/mol. The molecule has 17 heavy (non-hydrogen) atoms. The van der Waals surface area contributed by atoms with Crippen LogP contribution in [0.1, 0.15) is 31.7 Å². The van der Waals surface area contributed by atoms with Crippen molar-refractivity contribution >= 4 is 0 Å². The van der Waals surface area contributed by atoms with Gasteiger partial charge in [-0.25, -0.2) is 4.39 Å². The molecule has 0 spiro atoms. The predicted molar refractivity (Wildman–Crippen MR) is 66.9 cm³/mol. The van der Waals surface area contributed by atoms with Crippen LogP contribution >= 0.6 is 0 Å². The predicted octanol–water partition coefficient (Wildman–Crippen LogP) is 2.91. The summed E-state index contributed by atoms with van der Waals surface area (Å²) in [6, 6.07) is 5.59. The van der Waals surface area contributed by atoms with E-state index in [1.807, 2.05) is 13.1 Å². The molecule has 0 bridgehead atoms. The minimum absolute atomic E-state index is 0.199. The standard InChI is InChI=1S/C14H20FNO/c1-3-4-10-5-11(15)7-13(6-10)17-14-8-12(9-14)16-2/h5-7,12,14,16H,3-4,8-9H2,1-2H3/t12-,14+. The van der Waals surface area contributed by atoms with Gasteiger partial charge in [0, 0.05) is 12.1 Å². The van der Waals surface area contributed by atoms with Crippen molar-refractivity contribution in [1.29, 1.82) is 0 Å². The summed E-state index contributed by atoms with van der Waals surface area (Å²) in [4.78, 5) is 0. The van der Waals surface area contributed by atoms with Gasteiger partial charge in [0.05, 0.1) is 0 Å². The lowest BCUT2D eigenvalue weighted by Gasteiger charge is -2.35. The molecule has 0 saturated heterocycles. The molecule has 0 unspecified atom stereocenters.